The van der Waals surface area contributed by atoms with Crippen molar-refractivity contribution in [2.24, 2.45) is 11.3 Å². The molecule has 0 aliphatic carbocycles. The highest BCUT2D eigenvalue weighted by atomic mass is 16.2. The molecule has 1 fully saturated rings. The number of hydrogen-bond acceptors (Lipinski definition) is 2. The van der Waals surface area contributed by atoms with E-state index in [9.17, 15) is 4.79 Å². The third-order valence-electron chi connectivity index (χ3n) is 3.84. The van der Waals surface area contributed by atoms with Gasteiger partial charge in [-0.3, -0.25) is 4.79 Å². The van der Waals surface area contributed by atoms with Gasteiger partial charge in [-0.2, -0.15) is 0 Å². The number of nitrogens with zero attached hydrogens (tertiary/aromatic N) is 1. The van der Waals surface area contributed by atoms with Crippen molar-refractivity contribution in [3.8, 4) is 0 Å². The Bertz CT molecular complexity index is 245. The van der Waals surface area contributed by atoms with Crippen LogP contribution in [0.4, 0.5) is 0 Å². The minimum atomic E-state index is 0.331. The third kappa shape index (κ3) is 4.66. The molecule has 0 spiro atoms. The lowest BCUT2D eigenvalue weighted by atomic mass is 9.77. The van der Waals surface area contributed by atoms with E-state index in [1.165, 1.54) is 0 Å². The quantitative estimate of drug-likeness (QED) is 0.765. The van der Waals surface area contributed by atoms with E-state index in [4.69, 9.17) is 0 Å². The van der Waals surface area contributed by atoms with Crippen molar-refractivity contribution in [1.29, 1.82) is 0 Å². The minimum absolute atomic E-state index is 0.331. The highest BCUT2D eigenvalue weighted by Gasteiger charge is 2.29. The van der Waals surface area contributed by atoms with Crippen LogP contribution in [0.25, 0.3) is 0 Å². The molecule has 1 N–H and O–H groups in total. The monoisotopic (exact) mass is 240 g/mol. The molecule has 1 atom stereocenters. The summed E-state index contributed by atoms with van der Waals surface area (Å²) >= 11 is 0. The van der Waals surface area contributed by atoms with Gasteiger partial charge >= 0.3 is 0 Å². The number of likely N-dealkylation sites (tertiary alicyclic amines) is 1. The van der Waals surface area contributed by atoms with E-state index in [1.54, 1.807) is 0 Å². The summed E-state index contributed by atoms with van der Waals surface area (Å²) in [7, 11) is 0. The smallest absolute Gasteiger partial charge is 0.222 e. The first kappa shape index (κ1) is 14.5. The van der Waals surface area contributed by atoms with Gasteiger partial charge in [-0.15, -0.1) is 0 Å². The summed E-state index contributed by atoms with van der Waals surface area (Å²) in [5.41, 5.74) is 0.331. The van der Waals surface area contributed by atoms with Crippen LogP contribution in [-0.4, -0.2) is 37.0 Å². The summed E-state index contributed by atoms with van der Waals surface area (Å²) in [5.74, 6) is 1.02. The molecule has 1 aliphatic rings. The molecule has 0 aromatic heterocycles. The molecule has 1 saturated heterocycles. The fraction of sp³-hybridized carbons (Fsp3) is 0.929. The number of amides is 1. The van der Waals surface area contributed by atoms with Crippen molar-refractivity contribution in [1.82, 2.24) is 10.2 Å². The first-order valence-corrected chi connectivity index (χ1v) is 6.93. The van der Waals surface area contributed by atoms with Crippen LogP contribution in [0, 0.1) is 11.3 Å². The second-order valence-corrected chi connectivity index (χ2v) is 6.12. The normalized spacial score (nSPS) is 22.7. The third-order valence-corrected chi connectivity index (χ3v) is 3.84. The van der Waals surface area contributed by atoms with Gasteiger partial charge in [-0.1, -0.05) is 27.7 Å². The Balaban J connectivity index is 2.46. The van der Waals surface area contributed by atoms with E-state index in [0.29, 0.717) is 17.2 Å². The average molecular weight is 240 g/mol. The lowest BCUT2D eigenvalue weighted by Crippen LogP contribution is -2.36. The largest absolute Gasteiger partial charge is 0.341 e. The van der Waals surface area contributed by atoms with Gasteiger partial charge in [0.25, 0.3) is 0 Å². The van der Waals surface area contributed by atoms with Gasteiger partial charge in [0.15, 0.2) is 0 Å². The average Bonchev–Trinajstić information content (AvgIpc) is 2.41. The number of rotatable bonds is 4. The number of nitrogens with one attached hydrogen (secondary N) is 1. The first-order chi connectivity index (χ1) is 7.95. The van der Waals surface area contributed by atoms with Gasteiger partial charge in [0, 0.05) is 26.1 Å². The molecule has 100 valence electrons. The summed E-state index contributed by atoms with van der Waals surface area (Å²) < 4.78 is 0. The van der Waals surface area contributed by atoms with Crippen molar-refractivity contribution in [2.75, 3.05) is 26.2 Å². The van der Waals surface area contributed by atoms with Crippen molar-refractivity contribution < 1.29 is 4.79 Å². The Morgan fingerprint density at radius 3 is 2.65 bits per heavy atom. The van der Waals surface area contributed by atoms with Crippen LogP contribution in [0.3, 0.4) is 0 Å². The van der Waals surface area contributed by atoms with Gasteiger partial charge in [0.05, 0.1) is 0 Å². The van der Waals surface area contributed by atoms with Crippen LogP contribution in [-0.2, 0) is 4.79 Å². The van der Waals surface area contributed by atoms with Crippen LogP contribution in [0.1, 0.15) is 47.0 Å². The summed E-state index contributed by atoms with van der Waals surface area (Å²) in [5, 5.41) is 3.28. The summed E-state index contributed by atoms with van der Waals surface area (Å²) in [6.45, 7) is 12.7. The lowest BCUT2D eigenvalue weighted by Gasteiger charge is -2.29. The second kappa shape index (κ2) is 6.39. The Labute approximate surface area is 106 Å². The first-order valence-electron chi connectivity index (χ1n) is 6.93. The predicted octanol–water partition coefficient (Wildman–Crippen LogP) is 2.27. The molecule has 0 aromatic rings. The fourth-order valence-corrected chi connectivity index (χ4v) is 2.53. The summed E-state index contributed by atoms with van der Waals surface area (Å²) in [6, 6.07) is 0. The van der Waals surface area contributed by atoms with Crippen LogP contribution < -0.4 is 5.32 Å². The van der Waals surface area contributed by atoms with E-state index >= 15 is 0 Å². The maximum Gasteiger partial charge on any atom is 0.222 e. The molecule has 1 unspecified atom stereocenters. The van der Waals surface area contributed by atoms with Gasteiger partial charge in [0.2, 0.25) is 5.91 Å². The Kier molecular flexibility index (Phi) is 5.44. The highest BCUT2D eigenvalue weighted by Crippen LogP contribution is 2.34. The van der Waals surface area contributed by atoms with Gasteiger partial charge in [0.1, 0.15) is 0 Å². The van der Waals surface area contributed by atoms with E-state index in [0.717, 1.165) is 45.4 Å². The van der Waals surface area contributed by atoms with E-state index in [1.807, 2.05) is 4.90 Å². The molecule has 3 heteroatoms. The van der Waals surface area contributed by atoms with Crippen molar-refractivity contribution in [3.05, 3.63) is 0 Å². The summed E-state index contributed by atoms with van der Waals surface area (Å²) in [4.78, 5) is 14.0. The van der Waals surface area contributed by atoms with E-state index < -0.39 is 0 Å². The number of hydrogen-bond donors (Lipinski definition) is 1. The number of likely N-dealkylation sites (N-methyl/N-ethyl adjacent to an activating group) is 1. The molecular weight excluding hydrogens is 212 g/mol. The van der Waals surface area contributed by atoms with Crippen molar-refractivity contribution in [3.63, 3.8) is 0 Å². The van der Waals surface area contributed by atoms with Crippen molar-refractivity contribution in [2.45, 2.75) is 47.0 Å². The maximum absolute atomic E-state index is 12.0. The molecule has 0 radical (unpaired) electrons. The van der Waals surface area contributed by atoms with Crippen LogP contribution in [0.5, 0.6) is 0 Å². The van der Waals surface area contributed by atoms with Gasteiger partial charge < -0.3 is 10.2 Å². The van der Waals surface area contributed by atoms with Gasteiger partial charge in [-0.25, -0.2) is 0 Å². The topological polar surface area (TPSA) is 32.3 Å². The van der Waals surface area contributed by atoms with Crippen LogP contribution >= 0.6 is 0 Å². The highest BCUT2D eigenvalue weighted by molar-refractivity contribution is 5.76. The van der Waals surface area contributed by atoms with E-state index in [2.05, 4.69) is 33.0 Å². The SMILES string of the molecule is CCNCCN1CCC(C(C)(C)C)CCC1=O. The fourth-order valence-electron chi connectivity index (χ4n) is 2.53. The molecule has 0 aromatic carbocycles. The molecule has 1 rings (SSSR count). The zero-order valence-electron chi connectivity index (χ0n) is 11.9. The maximum atomic E-state index is 12.0. The zero-order chi connectivity index (χ0) is 12.9. The molecule has 1 aliphatic heterocycles. The Hall–Kier alpha value is -0.570. The molecule has 3 nitrogen and oxygen atoms in total. The molecule has 17 heavy (non-hydrogen) atoms. The standard InChI is InChI=1S/C14H28N2O/c1-5-15-9-11-16-10-8-12(14(2,3)4)6-7-13(16)17/h12,15H,5-11H2,1-4H3. The van der Waals surface area contributed by atoms with Crippen LogP contribution in [0.2, 0.25) is 0 Å². The van der Waals surface area contributed by atoms with Crippen molar-refractivity contribution >= 4 is 5.91 Å². The number of carbonyl (C=O) groups excluding carboxylic acids is 1. The molecule has 1 heterocycles. The summed E-state index contributed by atoms with van der Waals surface area (Å²) in [6.07, 6.45) is 2.94. The molecule has 1 amide bonds. The van der Waals surface area contributed by atoms with E-state index in [-0.39, 0.29) is 0 Å². The second-order valence-electron chi connectivity index (χ2n) is 6.12. The molecular formula is C14H28N2O. The van der Waals surface area contributed by atoms with Gasteiger partial charge in [-0.05, 0) is 30.7 Å². The number of carbonyl (C=O) groups is 1. The molecule has 0 bridgehead atoms. The minimum Gasteiger partial charge on any atom is -0.341 e. The molecule has 0 saturated carbocycles. The zero-order valence-corrected chi connectivity index (χ0v) is 11.9. The van der Waals surface area contributed by atoms with Crippen LogP contribution in [0.15, 0.2) is 0 Å². The Morgan fingerprint density at radius 2 is 2.06 bits per heavy atom. The Morgan fingerprint density at radius 1 is 1.35 bits per heavy atom. The lowest BCUT2D eigenvalue weighted by molar-refractivity contribution is -0.130. The predicted molar refractivity (Wildman–Crippen MR) is 71.9 cm³/mol.